The number of nitrogens with two attached hydrogens (primary N) is 1. The standard InChI is InChI=1S/C22H27N5O3S/c1-14-11-18(15(2)26(14)12-16-7-6-10-30-16)19(28)13-31-22-25-24-21(27(22)23)17-8-4-5-9-20(17)29-3/h4-5,8-9,11,16H,6-7,10,12-13,23H2,1-3H3. The number of thioether (sulfide) groups is 1. The molecule has 3 heterocycles. The number of ketones is 1. The Kier molecular flexibility index (Phi) is 6.33. The van der Waals surface area contributed by atoms with Crippen LogP contribution in [0.4, 0.5) is 0 Å². The number of methoxy groups -OCH3 is 1. The Labute approximate surface area is 185 Å². The van der Waals surface area contributed by atoms with E-state index < -0.39 is 0 Å². The van der Waals surface area contributed by atoms with Crippen LogP contribution in [-0.4, -0.2) is 50.8 Å². The summed E-state index contributed by atoms with van der Waals surface area (Å²) in [4.78, 5) is 12.9. The second kappa shape index (κ2) is 9.15. The molecule has 8 nitrogen and oxygen atoms in total. The zero-order chi connectivity index (χ0) is 22.0. The number of aromatic nitrogens is 4. The van der Waals surface area contributed by atoms with Crippen molar-refractivity contribution in [2.24, 2.45) is 0 Å². The zero-order valence-electron chi connectivity index (χ0n) is 18.0. The average molecular weight is 442 g/mol. The molecule has 4 rings (SSSR count). The summed E-state index contributed by atoms with van der Waals surface area (Å²) in [6.45, 7) is 5.63. The fourth-order valence-corrected chi connectivity index (χ4v) is 4.69. The van der Waals surface area contributed by atoms with Crippen LogP contribution in [-0.2, 0) is 11.3 Å². The molecule has 0 radical (unpaired) electrons. The number of ether oxygens (including phenoxy) is 2. The van der Waals surface area contributed by atoms with Gasteiger partial charge < -0.3 is 19.9 Å². The summed E-state index contributed by atoms with van der Waals surface area (Å²) in [5, 5.41) is 8.84. The van der Waals surface area contributed by atoms with Gasteiger partial charge in [-0.2, -0.15) is 0 Å². The molecule has 2 aromatic heterocycles. The van der Waals surface area contributed by atoms with E-state index in [0.717, 1.165) is 48.5 Å². The minimum atomic E-state index is 0.0403. The number of rotatable bonds is 8. The third-order valence-corrected chi connectivity index (χ3v) is 6.57. The molecule has 1 aromatic carbocycles. The quantitative estimate of drug-likeness (QED) is 0.326. The lowest BCUT2D eigenvalue weighted by Crippen LogP contribution is -2.17. The lowest BCUT2D eigenvalue weighted by atomic mass is 10.2. The van der Waals surface area contributed by atoms with E-state index in [1.54, 1.807) is 7.11 Å². The van der Waals surface area contributed by atoms with Crippen LogP contribution in [0.5, 0.6) is 5.75 Å². The van der Waals surface area contributed by atoms with Crippen molar-refractivity contribution >= 4 is 17.5 Å². The number of carbonyl (C=O) groups is 1. The summed E-state index contributed by atoms with van der Waals surface area (Å²) >= 11 is 1.28. The molecule has 9 heteroatoms. The molecular formula is C22H27N5O3S. The van der Waals surface area contributed by atoms with E-state index >= 15 is 0 Å². The van der Waals surface area contributed by atoms with Crippen molar-refractivity contribution in [3.05, 3.63) is 47.3 Å². The predicted octanol–water partition coefficient (Wildman–Crippen LogP) is 3.24. The molecule has 0 saturated carbocycles. The number of hydrogen-bond donors (Lipinski definition) is 1. The van der Waals surface area contributed by atoms with Gasteiger partial charge in [0, 0.05) is 30.1 Å². The maximum atomic E-state index is 12.9. The third kappa shape index (κ3) is 4.33. The van der Waals surface area contributed by atoms with Gasteiger partial charge in [-0.25, -0.2) is 4.68 Å². The Bertz CT molecular complexity index is 1090. The Morgan fingerprint density at radius 2 is 2.13 bits per heavy atom. The minimum absolute atomic E-state index is 0.0403. The summed E-state index contributed by atoms with van der Waals surface area (Å²) < 4.78 is 14.7. The minimum Gasteiger partial charge on any atom is -0.496 e. The number of para-hydroxylation sites is 1. The second-order valence-corrected chi connectivity index (χ2v) is 8.56. The molecule has 1 fully saturated rings. The molecule has 3 aromatic rings. The number of nitrogen functional groups attached to an aromatic ring is 1. The Hall–Kier alpha value is -2.78. The Balaban J connectivity index is 1.47. The Morgan fingerprint density at radius 3 is 2.87 bits per heavy atom. The molecule has 0 amide bonds. The monoisotopic (exact) mass is 441 g/mol. The molecule has 2 N–H and O–H groups in total. The van der Waals surface area contributed by atoms with Crippen LogP contribution in [0.2, 0.25) is 0 Å². The summed E-state index contributed by atoms with van der Waals surface area (Å²) in [5.41, 5.74) is 3.52. The molecule has 0 bridgehead atoms. The Morgan fingerprint density at radius 1 is 1.32 bits per heavy atom. The van der Waals surface area contributed by atoms with Crippen molar-refractivity contribution in [2.45, 2.75) is 44.5 Å². The van der Waals surface area contributed by atoms with E-state index in [1.165, 1.54) is 16.4 Å². The summed E-state index contributed by atoms with van der Waals surface area (Å²) in [5.74, 6) is 7.64. The van der Waals surface area contributed by atoms with E-state index in [9.17, 15) is 4.79 Å². The highest BCUT2D eigenvalue weighted by molar-refractivity contribution is 7.99. The van der Waals surface area contributed by atoms with Crippen LogP contribution >= 0.6 is 11.8 Å². The van der Waals surface area contributed by atoms with Gasteiger partial charge >= 0.3 is 0 Å². The first-order valence-corrected chi connectivity index (χ1v) is 11.3. The molecule has 31 heavy (non-hydrogen) atoms. The molecule has 1 atom stereocenters. The number of aryl methyl sites for hydroxylation is 1. The van der Waals surface area contributed by atoms with E-state index in [2.05, 4.69) is 14.8 Å². The van der Waals surface area contributed by atoms with Gasteiger partial charge in [0.05, 0.1) is 24.5 Å². The predicted molar refractivity (Wildman–Crippen MR) is 120 cm³/mol. The number of benzene rings is 1. The van der Waals surface area contributed by atoms with Gasteiger partial charge in [-0.05, 0) is 44.9 Å². The van der Waals surface area contributed by atoms with Crippen molar-refractivity contribution in [1.82, 2.24) is 19.4 Å². The van der Waals surface area contributed by atoms with Crippen molar-refractivity contribution < 1.29 is 14.3 Å². The van der Waals surface area contributed by atoms with Gasteiger partial charge in [0.15, 0.2) is 11.6 Å². The fourth-order valence-electron chi connectivity index (χ4n) is 3.95. The van der Waals surface area contributed by atoms with Gasteiger partial charge in [-0.15, -0.1) is 10.2 Å². The lowest BCUT2D eigenvalue weighted by Gasteiger charge is -2.14. The highest BCUT2D eigenvalue weighted by atomic mass is 32.2. The van der Waals surface area contributed by atoms with Crippen molar-refractivity contribution in [2.75, 3.05) is 25.3 Å². The van der Waals surface area contributed by atoms with Gasteiger partial charge in [-0.3, -0.25) is 4.79 Å². The summed E-state index contributed by atoms with van der Waals surface area (Å²) in [6, 6.07) is 9.43. The number of hydrogen-bond acceptors (Lipinski definition) is 7. The van der Waals surface area contributed by atoms with Crippen LogP contribution in [0, 0.1) is 13.8 Å². The molecule has 164 valence electrons. The van der Waals surface area contributed by atoms with Crippen molar-refractivity contribution in [3.63, 3.8) is 0 Å². The summed E-state index contributed by atoms with van der Waals surface area (Å²) in [7, 11) is 1.60. The maximum absolute atomic E-state index is 12.9. The molecule has 1 aliphatic rings. The number of Topliss-reactive ketones (excluding diaryl/α,β-unsaturated/α-hetero) is 1. The van der Waals surface area contributed by atoms with Crippen molar-refractivity contribution in [3.8, 4) is 17.1 Å². The van der Waals surface area contributed by atoms with E-state index in [-0.39, 0.29) is 17.6 Å². The maximum Gasteiger partial charge on any atom is 0.210 e. The molecule has 1 aliphatic heterocycles. The number of carbonyl (C=O) groups excluding carboxylic acids is 1. The van der Waals surface area contributed by atoms with Crippen LogP contribution in [0.1, 0.15) is 34.6 Å². The normalized spacial score (nSPS) is 16.0. The van der Waals surface area contributed by atoms with Crippen molar-refractivity contribution in [1.29, 1.82) is 0 Å². The van der Waals surface area contributed by atoms with E-state index in [4.69, 9.17) is 15.3 Å². The lowest BCUT2D eigenvalue weighted by molar-refractivity contribution is 0.0957. The summed E-state index contributed by atoms with van der Waals surface area (Å²) in [6.07, 6.45) is 2.39. The van der Waals surface area contributed by atoms with Gasteiger partial charge in [0.2, 0.25) is 5.16 Å². The van der Waals surface area contributed by atoms with Crippen LogP contribution in [0.3, 0.4) is 0 Å². The molecule has 1 saturated heterocycles. The topological polar surface area (TPSA) is 97.2 Å². The highest BCUT2D eigenvalue weighted by Crippen LogP contribution is 2.30. The molecule has 0 aliphatic carbocycles. The largest absolute Gasteiger partial charge is 0.496 e. The fraction of sp³-hybridized carbons (Fsp3) is 0.409. The average Bonchev–Trinajstić information content (AvgIpc) is 3.49. The smallest absolute Gasteiger partial charge is 0.210 e. The third-order valence-electron chi connectivity index (χ3n) is 5.63. The second-order valence-electron chi connectivity index (χ2n) is 7.62. The van der Waals surface area contributed by atoms with E-state index in [1.807, 2.05) is 44.2 Å². The molecular weight excluding hydrogens is 414 g/mol. The SMILES string of the molecule is COc1ccccc1-c1nnc(SCC(=O)c2cc(C)n(CC3CCCO3)c2C)n1N. The van der Waals surface area contributed by atoms with Crippen LogP contribution in [0.25, 0.3) is 11.4 Å². The first-order chi connectivity index (χ1) is 15.0. The first kappa shape index (κ1) is 21.5. The molecule has 1 unspecified atom stereocenters. The van der Waals surface area contributed by atoms with Crippen LogP contribution < -0.4 is 10.6 Å². The van der Waals surface area contributed by atoms with Gasteiger partial charge in [0.25, 0.3) is 0 Å². The molecule has 0 spiro atoms. The zero-order valence-corrected chi connectivity index (χ0v) is 18.8. The van der Waals surface area contributed by atoms with Gasteiger partial charge in [0.1, 0.15) is 5.75 Å². The van der Waals surface area contributed by atoms with Gasteiger partial charge in [-0.1, -0.05) is 23.9 Å². The van der Waals surface area contributed by atoms with Crippen LogP contribution in [0.15, 0.2) is 35.5 Å². The van der Waals surface area contributed by atoms with E-state index in [0.29, 0.717) is 16.7 Å². The first-order valence-electron chi connectivity index (χ1n) is 10.3. The highest BCUT2D eigenvalue weighted by Gasteiger charge is 2.22. The number of nitrogens with zero attached hydrogens (tertiary/aromatic N) is 4.